The number of hydrogen-bond donors (Lipinski definition) is 1. The van der Waals surface area contributed by atoms with Crippen molar-refractivity contribution in [3.63, 3.8) is 0 Å². The molecule has 41 heavy (non-hydrogen) atoms. The normalized spacial score (nSPS) is 18.5. The number of nitrogens with zero attached hydrogens (tertiary/aromatic N) is 5. The van der Waals surface area contributed by atoms with Crippen molar-refractivity contribution >= 4 is 34.6 Å². The number of nitriles is 1. The van der Waals surface area contributed by atoms with Gasteiger partial charge < -0.3 is 24.6 Å². The van der Waals surface area contributed by atoms with E-state index < -0.39 is 5.92 Å². The number of nitrogens with one attached hydrogen (secondary N) is 1. The van der Waals surface area contributed by atoms with Crippen molar-refractivity contribution in [2.45, 2.75) is 5.92 Å². The van der Waals surface area contributed by atoms with E-state index in [0.29, 0.717) is 40.7 Å². The number of fused-ring (bicyclic) bond motifs is 2. The molecule has 3 aliphatic heterocycles. The van der Waals surface area contributed by atoms with Gasteiger partial charge in [-0.1, -0.05) is 6.07 Å². The number of piperazine rings is 1. The van der Waals surface area contributed by atoms with Crippen LogP contribution in [0.5, 0.6) is 11.5 Å². The second-order valence-electron chi connectivity index (χ2n) is 10.4. The zero-order valence-electron chi connectivity index (χ0n) is 23.0. The van der Waals surface area contributed by atoms with E-state index >= 15 is 0 Å². The maximum Gasteiger partial charge on any atom is 0.240 e. The lowest BCUT2D eigenvalue weighted by molar-refractivity contribution is -0.120. The first-order chi connectivity index (χ1) is 19.9. The second-order valence-corrected chi connectivity index (χ2v) is 10.4. The fraction of sp³-hybridized carbons (Fsp3) is 0.290. The van der Waals surface area contributed by atoms with Crippen molar-refractivity contribution in [3.8, 4) is 17.6 Å². The summed E-state index contributed by atoms with van der Waals surface area (Å²) in [4.78, 5) is 37.3. The highest BCUT2D eigenvalue weighted by Crippen LogP contribution is 2.39. The van der Waals surface area contributed by atoms with E-state index in [1.165, 1.54) is 0 Å². The molecule has 0 aromatic heterocycles. The van der Waals surface area contributed by atoms with Gasteiger partial charge in [-0.3, -0.25) is 19.5 Å². The lowest BCUT2D eigenvalue weighted by Gasteiger charge is -2.32. The number of ether oxygens (including phenoxy) is 2. The summed E-state index contributed by atoms with van der Waals surface area (Å²) >= 11 is 0. The summed E-state index contributed by atoms with van der Waals surface area (Å²) in [7, 11) is 3.87. The highest BCUT2D eigenvalue weighted by Gasteiger charge is 2.36. The van der Waals surface area contributed by atoms with E-state index in [2.05, 4.69) is 28.2 Å². The lowest BCUT2D eigenvalue weighted by atomic mass is 9.90. The van der Waals surface area contributed by atoms with Crippen LogP contribution in [0.2, 0.25) is 0 Å². The van der Waals surface area contributed by atoms with Gasteiger partial charge in [0, 0.05) is 50.2 Å². The van der Waals surface area contributed by atoms with Gasteiger partial charge >= 0.3 is 0 Å². The molecule has 1 unspecified atom stereocenters. The zero-order chi connectivity index (χ0) is 28.5. The molecule has 0 saturated carbocycles. The smallest absolute Gasteiger partial charge is 0.240 e. The summed E-state index contributed by atoms with van der Waals surface area (Å²) in [5.41, 5.74) is 4.47. The Morgan fingerprint density at radius 1 is 1.05 bits per heavy atom. The topological polar surface area (TPSA) is 110 Å². The van der Waals surface area contributed by atoms with E-state index in [-0.39, 0.29) is 18.6 Å². The van der Waals surface area contributed by atoms with Gasteiger partial charge in [-0.25, -0.2) is 0 Å². The lowest BCUT2D eigenvalue weighted by Crippen LogP contribution is -2.48. The Hall–Kier alpha value is -4.72. The van der Waals surface area contributed by atoms with E-state index in [1.54, 1.807) is 30.1 Å². The number of likely N-dealkylation sites (N-methyl/N-ethyl adjacent to an activating group) is 2. The Bertz CT molecular complexity index is 1570. The summed E-state index contributed by atoms with van der Waals surface area (Å²) in [5.74, 6) is 0.340. The van der Waals surface area contributed by atoms with Crippen LogP contribution in [0.15, 0.2) is 65.7 Å². The third kappa shape index (κ3) is 5.37. The van der Waals surface area contributed by atoms with E-state index in [1.807, 2.05) is 42.5 Å². The molecule has 0 aliphatic carbocycles. The van der Waals surface area contributed by atoms with E-state index in [4.69, 9.17) is 14.5 Å². The summed E-state index contributed by atoms with van der Waals surface area (Å²) in [5, 5.41) is 12.2. The Morgan fingerprint density at radius 3 is 2.56 bits per heavy atom. The molecule has 208 valence electrons. The third-order valence-corrected chi connectivity index (χ3v) is 7.77. The van der Waals surface area contributed by atoms with Crippen LogP contribution in [0.4, 0.5) is 17.1 Å². The fourth-order valence-electron chi connectivity index (χ4n) is 5.29. The molecule has 3 aliphatic rings. The van der Waals surface area contributed by atoms with Crippen molar-refractivity contribution in [2.75, 3.05) is 63.8 Å². The van der Waals surface area contributed by atoms with E-state index in [9.17, 15) is 14.9 Å². The molecule has 0 spiro atoms. The predicted molar refractivity (Wildman–Crippen MR) is 155 cm³/mol. The first-order valence-electron chi connectivity index (χ1n) is 13.5. The predicted octanol–water partition coefficient (Wildman–Crippen LogP) is 3.35. The van der Waals surface area contributed by atoms with Crippen LogP contribution >= 0.6 is 0 Å². The van der Waals surface area contributed by atoms with Crippen molar-refractivity contribution in [3.05, 3.63) is 77.4 Å². The number of carbonyl (C=O) groups excluding carboxylic acids is 2. The fourth-order valence-corrected chi connectivity index (χ4v) is 5.29. The molecule has 10 heteroatoms. The Balaban J connectivity index is 1.30. The van der Waals surface area contributed by atoms with Crippen LogP contribution in [0, 0.1) is 11.3 Å². The first kappa shape index (κ1) is 26.5. The van der Waals surface area contributed by atoms with Crippen LogP contribution in [-0.2, 0) is 9.59 Å². The number of amides is 2. The molecule has 0 bridgehead atoms. The van der Waals surface area contributed by atoms with Gasteiger partial charge in [-0.05, 0) is 67.2 Å². The van der Waals surface area contributed by atoms with Gasteiger partial charge in [0.25, 0.3) is 0 Å². The molecule has 3 aromatic carbocycles. The SMILES string of the molecule is CN1CCN(CC(=O)N(C)c2ccc(N=C(c3ccc4c(c3)OCO4)C3C(=O)Nc4cc(C#N)ccc43)cc2)CC1. The molecule has 3 heterocycles. The molecule has 0 radical (unpaired) electrons. The second kappa shape index (κ2) is 11.0. The summed E-state index contributed by atoms with van der Waals surface area (Å²) in [6.07, 6.45) is 0. The van der Waals surface area contributed by atoms with Gasteiger partial charge in [0.2, 0.25) is 18.6 Å². The molecule has 2 amide bonds. The van der Waals surface area contributed by atoms with Crippen molar-refractivity contribution in [2.24, 2.45) is 4.99 Å². The van der Waals surface area contributed by atoms with Crippen LogP contribution < -0.4 is 19.7 Å². The van der Waals surface area contributed by atoms with Gasteiger partial charge in [-0.15, -0.1) is 0 Å². The largest absolute Gasteiger partial charge is 0.454 e. The number of anilines is 2. The minimum atomic E-state index is -0.689. The molecule has 1 N–H and O–H groups in total. The summed E-state index contributed by atoms with van der Waals surface area (Å²) < 4.78 is 11.1. The molecule has 10 nitrogen and oxygen atoms in total. The third-order valence-electron chi connectivity index (χ3n) is 7.77. The molecule has 6 rings (SSSR count). The highest BCUT2D eigenvalue weighted by molar-refractivity contribution is 6.24. The molecular weight excluding hydrogens is 520 g/mol. The van der Waals surface area contributed by atoms with Crippen molar-refractivity contribution in [1.82, 2.24) is 9.80 Å². The van der Waals surface area contributed by atoms with Crippen LogP contribution in [0.25, 0.3) is 0 Å². The molecular formula is C31H30N6O4. The monoisotopic (exact) mass is 550 g/mol. The number of aliphatic imine (C=N–C) groups is 1. The molecule has 1 fully saturated rings. The maximum atomic E-state index is 13.3. The average Bonchev–Trinajstić information content (AvgIpc) is 3.59. The van der Waals surface area contributed by atoms with Crippen molar-refractivity contribution in [1.29, 1.82) is 5.26 Å². The standard InChI is InChI=1S/C31H30N6O4/c1-35-11-13-37(14-12-35)18-28(38)36(2)23-7-5-22(6-8-23)33-30(21-4-10-26-27(16-21)41-19-40-26)29-24-9-3-20(17-32)15-25(24)34-31(29)39/h3-10,15-16,29H,11-14,18-19H2,1-2H3,(H,34,39). The van der Waals surface area contributed by atoms with E-state index in [0.717, 1.165) is 43.0 Å². The first-order valence-corrected chi connectivity index (χ1v) is 13.5. The van der Waals surface area contributed by atoms with Crippen LogP contribution in [0.3, 0.4) is 0 Å². The van der Waals surface area contributed by atoms with Gasteiger partial charge in [0.05, 0.1) is 29.6 Å². The number of rotatable bonds is 6. The minimum Gasteiger partial charge on any atom is -0.454 e. The summed E-state index contributed by atoms with van der Waals surface area (Å²) in [6, 6.07) is 20.2. The quantitative estimate of drug-likeness (QED) is 0.469. The molecule has 1 saturated heterocycles. The zero-order valence-corrected chi connectivity index (χ0v) is 23.0. The summed E-state index contributed by atoms with van der Waals surface area (Å²) in [6.45, 7) is 4.18. The van der Waals surface area contributed by atoms with Crippen LogP contribution in [-0.4, -0.2) is 80.9 Å². The average molecular weight is 551 g/mol. The van der Waals surface area contributed by atoms with Gasteiger partial charge in [-0.2, -0.15) is 5.26 Å². The molecule has 1 atom stereocenters. The Labute approximate surface area is 238 Å². The van der Waals surface area contributed by atoms with Crippen molar-refractivity contribution < 1.29 is 19.1 Å². The minimum absolute atomic E-state index is 0.0304. The number of carbonyl (C=O) groups is 2. The Kier molecular flexibility index (Phi) is 7.14. The number of benzene rings is 3. The molecule has 3 aromatic rings. The maximum absolute atomic E-state index is 13.3. The van der Waals surface area contributed by atoms with Crippen LogP contribution in [0.1, 0.15) is 22.6 Å². The Morgan fingerprint density at radius 2 is 1.80 bits per heavy atom. The highest BCUT2D eigenvalue weighted by atomic mass is 16.7. The van der Waals surface area contributed by atoms with Gasteiger partial charge in [0.1, 0.15) is 5.92 Å². The number of hydrogen-bond acceptors (Lipinski definition) is 8. The van der Waals surface area contributed by atoms with Gasteiger partial charge in [0.15, 0.2) is 11.5 Å².